The first-order valence-electron chi connectivity index (χ1n) is 7.76. The first-order valence-corrected chi connectivity index (χ1v) is 7.76. The Morgan fingerprint density at radius 3 is 2.00 bits per heavy atom. The van der Waals surface area contributed by atoms with Gasteiger partial charge >= 0.3 is 0 Å². The van der Waals surface area contributed by atoms with Crippen LogP contribution in [-0.4, -0.2) is 5.11 Å². The molecule has 2 aromatic carbocycles. The van der Waals surface area contributed by atoms with E-state index in [4.69, 9.17) is 0 Å². The van der Waals surface area contributed by atoms with Crippen molar-refractivity contribution in [3.05, 3.63) is 69.8 Å². The van der Waals surface area contributed by atoms with Crippen molar-refractivity contribution in [3.8, 4) is 0 Å². The van der Waals surface area contributed by atoms with Crippen LogP contribution in [-0.2, 0) is 0 Å². The maximum Gasteiger partial charge on any atom is 0.0861 e. The number of hydrogen-bond acceptors (Lipinski definition) is 1. The minimum Gasteiger partial charge on any atom is -0.388 e. The third-order valence-corrected chi connectivity index (χ3v) is 4.53. The average Bonchev–Trinajstić information content (AvgIpc) is 2.45. The van der Waals surface area contributed by atoms with Gasteiger partial charge in [-0.3, -0.25) is 0 Å². The number of aryl methyl sites for hydroxylation is 4. The fraction of sp³-hybridized carbons (Fsp3) is 0.400. The summed E-state index contributed by atoms with van der Waals surface area (Å²) >= 11 is 0. The van der Waals surface area contributed by atoms with Crippen LogP contribution in [0, 0.1) is 27.7 Å². The van der Waals surface area contributed by atoms with E-state index >= 15 is 0 Å². The zero-order chi connectivity index (χ0) is 15.6. The van der Waals surface area contributed by atoms with E-state index in [0.717, 1.165) is 12.0 Å². The molecular formula is C20H26O. The fourth-order valence-corrected chi connectivity index (χ4v) is 2.97. The second-order valence-electron chi connectivity index (χ2n) is 6.16. The SMILES string of the molecule is CCC(c1ccc(C)cc1)C(O)c1cc(C)c(C)cc1C. The summed E-state index contributed by atoms with van der Waals surface area (Å²) in [6, 6.07) is 12.9. The Balaban J connectivity index is 2.38. The summed E-state index contributed by atoms with van der Waals surface area (Å²) in [4.78, 5) is 0. The molecule has 1 N–H and O–H groups in total. The molecule has 2 aromatic rings. The smallest absolute Gasteiger partial charge is 0.0861 e. The fourth-order valence-electron chi connectivity index (χ4n) is 2.97. The van der Waals surface area contributed by atoms with Crippen molar-refractivity contribution in [2.75, 3.05) is 0 Å². The van der Waals surface area contributed by atoms with Crippen molar-refractivity contribution >= 4 is 0 Å². The molecule has 2 unspecified atom stereocenters. The lowest BCUT2D eigenvalue weighted by atomic mass is 9.84. The second-order valence-corrected chi connectivity index (χ2v) is 6.16. The van der Waals surface area contributed by atoms with Crippen molar-refractivity contribution in [1.82, 2.24) is 0 Å². The Morgan fingerprint density at radius 2 is 1.43 bits per heavy atom. The maximum atomic E-state index is 10.9. The molecule has 0 aliphatic rings. The highest BCUT2D eigenvalue weighted by Crippen LogP contribution is 2.35. The van der Waals surface area contributed by atoms with Gasteiger partial charge < -0.3 is 5.11 Å². The number of aliphatic hydroxyl groups is 1. The minimum atomic E-state index is -0.447. The predicted octanol–water partition coefficient (Wildman–Crippen LogP) is 5.15. The molecule has 0 spiro atoms. The molecule has 0 saturated heterocycles. The van der Waals surface area contributed by atoms with Crippen LogP contribution < -0.4 is 0 Å². The van der Waals surface area contributed by atoms with Crippen LogP contribution in [0.25, 0.3) is 0 Å². The Labute approximate surface area is 128 Å². The normalized spacial score (nSPS) is 14.0. The molecule has 0 radical (unpaired) electrons. The van der Waals surface area contributed by atoms with Gasteiger partial charge in [0.15, 0.2) is 0 Å². The largest absolute Gasteiger partial charge is 0.388 e. The molecule has 0 aliphatic heterocycles. The van der Waals surface area contributed by atoms with Crippen LogP contribution in [0.15, 0.2) is 36.4 Å². The zero-order valence-corrected chi connectivity index (χ0v) is 13.8. The van der Waals surface area contributed by atoms with E-state index < -0.39 is 6.10 Å². The van der Waals surface area contributed by atoms with Crippen molar-refractivity contribution in [2.24, 2.45) is 0 Å². The van der Waals surface area contributed by atoms with E-state index in [1.165, 1.54) is 27.8 Å². The number of hydrogen-bond donors (Lipinski definition) is 1. The highest BCUT2D eigenvalue weighted by Gasteiger charge is 2.22. The highest BCUT2D eigenvalue weighted by atomic mass is 16.3. The summed E-state index contributed by atoms with van der Waals surface area (Å²) in [6.07, 6.45) is 0.480. The monoisotopic (exact) mass is 282 g/mol. The molecule has 0 fully saturated rings. The van der Waals surface area contributed by atoms with Gasteiger partial charge in [0, 0.05) is 5.92 Å². The van der Waals surface area contributed by atoms with Crippen LogP contribution in [0.1, 0.15) is 58.7 Å². The Morgan fingerprint density at radius 1 is 0.857 bits per heavy atom. The van der Waals surface area contributed by atoms with Gasteiger partial charge in [-0.25, -0.2) is 0 Å². The lowest BCUT2D eigenvalue weighted by molar-refractivity contribution is 0.142. The van der Waals surface area contributed by atoms with E-state index in [1.807, 2.05) is 0 Å². The molecule has 2 atom stereocenters. The molecule has 1 heteroatoms. The lowest BCUT2D eigenvalue weighted by Gasteiger charge is -2.25. The van der Waals surface area contributed by atoms with Gasteiger partial charge in [-0.1, -0.05) is 48.9 Å². The Bertz CT molecular complexity index is 610. The number of benzene rings is 2. The summed E-state index contributed by atoms with van der Waals surface area (Å²) in [5, 5.41) is 10.9. The summed E-state index contributed by atoms with van der Waals surface area (Å²) in [6.45, 7) is 10.6. The van der Waals surface area contributed by atoms with Gasteiger partial charge in [0.25, 0.3) is 0 Å². The molecule has 0 bridgehead atoms. The molecule has 21 heavy (non-hydrogen) atoms. The van der Waals surface area contributed by atoms with Gasteiger partial charge in [0.2, 0.25) is 0 Å². The van der Waals surface area contributed by atoms with Gasteiger partial charge in [-0.05, 0) is 61.9 Å². The third kappa shape index (κ3) is 3.36. The van der Waals surface area contributed by atoms with E-state index in [1.54, 1.807) is 0 Å². The van der Waals surface area contributed by atoms with Gasteiger partial charge in [0.05, 0.1) is 6.10 Å². The van der Waals surface area contributed by atoms with Gasteiger partial charge in [-0.2, -0.15) is 0 Å². The van der Waals surface area contributed by atoms with Crippen LogP contribution in [0.2, 0.25) is 0 Å². The average molecular weight is 282 g/mol. The summed E-state index contributed by atoms with van der Waals surface area (Å²) < 4.78 is 0. The van der Waals surface area contributed by atoms with Gasteiger partial charge in [0.1, 0.15) is 0 Å². The van der Waals surface area contributed by atoms with E-state index in [0.29, 0.717) is 0 Å². The zero-order valence-electron chi connectivity index (χ0n) is 13.8. The highest BCUT2D eigenvalue weighted by molar-refractivity contribution is 5.39. The van der Waals surface area contributed by atoms with Gasteiger partial charge in [-0.15, -0.1) is 0 Å². The van der Waals surface area contributed by atoms with Crippen molar-refractivity contribution in [3.63, 3.8) is 0 Å². The Kier molecular flexibility index (Phi) is 4.84. The summed E-state index contributed by atoms with van der Waals surface area (Å²) in [5.41, 5.74) is 7.24. The van der Waals surface area contributed by atoms with Crippen LogP contribution in [0.4, 0.5) is 0 Å². The molecule has 1 nitrogen and oxygen atoms in total. The van der Waals surface area contributed by atoms with Crippen LogP contribution in [0.5, 0.6) is 0 Å². The predicted molar refractivity (Wildman–Crippen MR) is 89.8 cm³/mol. The molecular weight excluding hydrogens is 256 g/mol. The van der Waals surface area contributed by atoms with Crippen LogP contribution >= 0.6 is 0 Å². The van der Waals surface area contributed by atoms with E-state index in [9.17, 15) is 5.11 Å². The third-order valence-electron chi connectivity index (χ3n) is 4.53. The molecule has 112 valence electrons. The first kappa shape index (κ1) is 15.8. The molecule has 0 saturated carbocycles. The Hall–Kier alpha value is -1.60. The number of rotatable bonds is 4. The van der Waals surface area contributed by atoms with E-state index in [-0.39, 0.29) is 5.92 Å². The molecule has 0 aromatic heterocycles. The topological polar surface area (TPSA) is 20.2 Å². The van der Waals surface area contributed by atoms with Crippen LogP contribution in [0.3, 0.4) is 0 Å². The molecule has 2 rings (SSSR count). The second kappa shape index (κ2) is 6.44. The quantitative estimate of drug-likeness (QED) is 0.822. The maximum absolute atomic E-state index is 10.9. The summed E-state index contributed by atoms with van der Waals surface area (Å²) in [5.74, 6) is 0.145. The first-order chi connectivity index (χ1) is 9.93. The molecule has 0 aliphatic carbocycles. The van der Waals surface area contributed by atoms with Crippen molar-refractivity contribution in [1.29, 1.82) is 0 Å². The lowest BCUT2D eigenvalue weighted by Crippen LogP contribution is -2.12. The molecule has 0 heterocycles. The van der Waals surface area contributed by atoms with Crippen molar-refractivity contribution < 1.29 is 5.11 Å². The standard InChI is InChI=1S/C20H26O/c1-6-18(17-9-7-13(2)8-10-17)20(21)19-12-15(4)14(3)11-16(19)5/h7-12,18,20-21H,6H2,1-5H3. The molecule has 0 amide bonds. The minimum absolute atomic E-state index is 0.145. The van der Waals surface area contributed by atoms with Crippen molar-refractivity contribution in [2.45, 2.75) is 53.1 Å². The number of aliphatic hydroxyl groups excluding tert-OH is 1. The summed E-state index contributed by atoms with van der Waals surface area (Å²) in [7, 11) is 0. The van der Waals surface area contributed by atoms with E-state index in [2.05, 4.69) is 71.0 Å².